The molecule has 2 heterocycles. The Morgan fingerprint density at radius 1 is 1.58 bits per heavy atom. The number of hydrogen-bond acceptors (Lipinski definition) is 5. The number of nitrogens with two attached hydrogens (primary N) is 1. The maximum absolute atomic E-state index is 12.3. The molecule has 0 bridgehead atoms. The number of ether oxygens (including phenoxy) is 1. The van der Waals surface area contributed by atoms with Crippen LogP contribution in [-0.4, -0.2) is 26.7 Å². The maximum atomic E-state index is 12.3. The largest absolute Gasteiger partial charge is 0.375 e. The molecule has 1 aliphatic heterocycles. The van der Waals surface area contributed by atoms with Gasteiger partial charge in [0.25, 0.3) is 0 Å². The summed E-state index contributed by atoms with van der Waals surface area (Å²) in [6.07, 6.45) is 1.39. The predicted molar refractivity (Wildman–Crippen MR) is 75.6 cm³/mol. The van der Waals surface area contributed by atoms with Crippen LogP contribution < -0.4 is 10.5 Å². The first-order valence-corrected chi connectivity index (χ1v) is 8.62. The summed E-state index contributed by atoms with van der Waals surface area (Å²) in [6.45, 7) is 4.89. The second-order valence-corrected chi connectivity index (χ2v) is 8.25. The van der Waals surface area contributed by atoms with Gasteiger partial charge in [-0.25, -0.2) is 13.1 Å². The fraction of sp³-hybridized carbons (Fsp3) is 0.667. The minimum Gasteiger partial charge on any atom is -0.375 e. The number of rotatable bonds is 4. The van der Waals surface area contributed by atoms with Gasteiger partial charge in [-0.05, 0) is 43.7 Å². The van der Waals surface area contributed by atoms with E-state index < -0.39 is 10.0 Å². The first-order chi connectivity index (χ1) is 8.82. The molecule has 0 radical (unpaired) electrons. The smallest absolute Gasteiger partial charge is 0.250 e. The molecule has 5 nitrogen and oxygen atoms in total. The molecule has 1 aliphatic rings. The highest BCUT2D eigenvalue weighted by Crippen LogP contribution is 2.26. The third kappa shape index (κ3) is 3.76. The van der Waals surface area contributed by atoms with Crippen LogP contribution in [0.25, 0.3) is 0 Å². The Labute approximate surface area is 118 Å². The molecule has 1 aromatic heterocycles. The quantitative estimate of drug-likeness (QED) is 0.882. The van der Waals surface area contributed by atoms with Crippen LogP contribution in [-0.2, 0) is 21.3 Å². The Balaban J connectivity index is 2.09. The van der Waals surface area contributed by atoms with Gasteiger partial charge in [-0.2, -0.15) is 0 Å². The summed E-state index contributed by atoms with van der Waals surface area (Å²) in [6, 6.07) is 1.56. The van der Waals surface area contributed by atoms with Crippen molar-refractivity contribution in [3.05, 3.63) is 17.0 Å². The van der Waals surface area contributed by atoms with Gasteiger partial charge in [-0.3, -0.25) is 0 Å². The zero-order valence-electron chi connectivity index (χ0n) is 11.2. The van der Waals surface area contributed by atoms with Crippen LogP contribution in [0.4, 0.5) is 0 Å². The van der Waals surface area contributed by atoms with E-state index in [1.165, 1.54) is 11.3 Å². The highest BCUT2D eigenvalue weighted by Gasteiger charge is 2.32. The van der Waals surface area contributed by atoms with Crippen molar-refractivity contribution in [1.29, 1.82) is 0 Å². The summed E-state index contributed by atoms with van der Waals surface area (Å²) in [5, 5.41) is 1.78. The molecule has 1 unspecified atom stereocenters. The van der Waals surface area contributed by atoms with Crippen LogP contribution in [0, 0.1) is 0 Å². The molecular formula is C12H20N2O3S2. The molecule has 1 fully saturated rings. The molecule has 0 spiro atoms. The Bertz CT molecular complexity index is 537. The van der Waals surface area contributed by atoms with Gasteiger partial charge in [0.05, 0.1) is 5.60 Å². The molecule has 0 aliphatic carbocycles. The van der Waals surface area contributed by atoms with Crippen molar-refractivity contribution in [2.45, 2.75) is 49.1 Å². The summed E-state index contributed by atoms with van der Waals surface area (Å²) in [7, 11) is -3.44. The van der Waals surface area contributed by atoms with E-state index >= 15 is 0 Å². The molecule has 3 N–H and O–H groups in total. The first-order valence-electron chi connectivity index (χ1n) is 6.26. The molecule has 2 rings (SSSR count). The average molecular weight is 304 g/mol. The summed E-state index contributed by atoms with van der Waals surface area (Å²) in [5.74, 6) is 0. The van der Waals surface area contributed by atoms with Gasteiger partial charge in [0.15, 0.2) is 0 Å². The van der Waals surface area contributed by atoms with Gasteiger partial charge in [0, 0.05) is 19.2 Å². The Kier molecular flexibility index (Phi) is 4.32. The minimum absolute atomic E-state index is 0.0721. The maximum Gasteiger partial charge on any atom is 0.250 e. The van der Waals surface area contributed by atoms with E-state index in [9.17, 15) is 8.42 Å². The average Bonchev–Trinajstić information content (AvgIpc) is 2.76. The van der Waals surface area contributed by atoms with Crippen molar-refractivity contribution < 1.29 is 13.2 Å². The molecule has 0 aromatic carbocycles. The molecule has 1 saturated heterocycles. The molecule has 0 saturated carbocycles. The molecule has 19 heavy (non-hydrogen) atoms. The normalized spacial score (nSPS) is 23.4. The third-order valence-electron chi connectivity index (χ3n) is 3.15. The molecule has 7 heteroatoms. The van der Waals surface area contributed by atoms with Crippen LogP contribution in [0.1, 0.15) is 32.3 Å². The highest BCUT2D eigenvalue weighted by molar-refractivity contribution is 7.91. The second-order valence-electron chi connectivity index (χ2n) is 5.40. The number of sulfonamides is 1. The van der Waals surface area contributed by atoms with Gasteiger partial charge < -0.3 is 10.5 Å². The van der Waals surface area contributed by atoms with Gasteiger partial charge in [-0.15, -0.1) is 11.3 Å². The summed E-state index contributed by atoms with van der Waals surface area (Å²) < 4.78 is 33.2. The Morgan fingerprint density at radius 3 is 2.89 bits per heavy atom. The minimum atomic E-state index is -3.44. The van der Waals surface area contributed by atoms with Gasteiger partial charge >= 0.3 is 0 Å². The van der Waals surface area contributed by atoms with E-state index in [0.29, 0.717) is 30.2 Å². The lowest BCUT2D eigenvalue weighted by Crippen LogP contribution is -2.45. The standard InChI is InChI=1S/C12H20N2O3S2/c1-12(2)6-10(3-4-17-12)14-19(15,16)11-5-9(7-13)8-18-11/h5,8,10,14H,3-4,6-7,13H2,1-2H3. The number of nitrogens with one attached hydrogen (secondary N) is 1. The Hall–Kier alpha value is -0.470. The van der Waals surface area contributed by atoms with E-state index in [-0.39, 0.29) is 11.6 Å². The van der Waals surface area contributed by atoms with Crippen molar-refractivity contribution in [2.24, 2.45) is 5.73 Å². The lowest BCUT2D eigenvalue weighted by Gasteiger charge is -2.35. The van der Waals surface area contributed by atoms with E-state index in [0.717, 1.165) is 5.56 Å². The highest BCUT2D eigenvalue weighted by atomic mass is 32.2. The van der Waals surface area contributed by atoms with Crippen molar-refractivity contribution in [3.8, 4) is 0 Å². The predicted octanol–water partition coefficient (Wildman–Crippen LogP) is 1.44. The van der Waals surface area contributed by atoms with Crippen LogP contribution in [0.2, 0.25) is 0 Å². The zero-order chi connectivity index (χ0) is 14.1. The summed E-state index contributed by atoms with van der Waals surface area (Å²) >= 11 is 1.21. The second kappa shape index (κ2) is 5.49. The first kappa shape index (κ1) is 14.9. The third-order valence-corrected chi connectivity index (χ3v) is 6.16. The number of thiophene rings is 1. The van der Waals surface area contributed by atoms with Crippen LogP contribution in [0.15, 0.2) is 15.7 Å². The zero-order valence-corrected chi connectivity index (χ0v) is 12.8. The van der Waals surface area contributed by atoms with Crippen molar-refractivity contribution >= 4 is 21.4 Å². The van der Waals surface area contributed by atoms with Gasteiger partial charge in [0.1, 0.15) is 4.21 Å². The lowest BCUT2D eigenvalue weighted by atomic mass is 9.95. The van der Waals surface area contributed by atoms with Crippen molar-refractivity contribution in [2.75, 3.05) is 6.61 Å². The van der Waals surface area contributed by atoms with Crippen LogP contribution >= 0.6 is 11.3 Å². The fourth-order valence-electron chi connectivity index (χ4n) is 2.21. The van der Waals surface area contributed by atoms with Crippen LogP contribution in [0.5, 0.6) is 0 Å². The van der Waals surface area contributed by atoms with Gasteiger partial charge in [-0.1, -0.05) is 0 Å². The van der Waals surface area contributed by atoms with E-state index in [1.54, 1.807) is 11.4 Å². The molecule has 108 valence electrons. The SMILES string of the molecule is CC1(C)CC(NS(=O)(=O)c2cc(CN)cs2)CCO1. The van der Waals surface area contributed by atoms with E-state index in [1.807, 2.05) is 13.8 Å². The molecule has 1 aromatic rings. The van der Waals surface area contributed by atoms with Crippen molar-refractivity contribution in [3.63, 3.8) is 0 Å². The lowest BCUT2D eigenvalue weighted by molar-refractivity contribution is -0.0599. The summed E-state index contributed by atoms with van der Waals surface area (Å²) in [4.78, 5) is 0. The van der Waals surface area contributed by atoms with E-state index in [4.69, 9.17) is 10.5 Å². The number of hydrogen-bond donors (Lipinski definition) is 2. The van der Waals surface area contributed by atoms with Gasteiger partial charge in [0.2, 0.25) is 10.0 Å². The summed E-state index contributed by atoms with van der Waals surface area (Å²) in [5.41, 5.74) is 6.07. The fourth-order valence-corrected chi connectivity index (χ4v) is 4.72. The van der Waals surface area contributed by atoms with Crippen LogP contribution in [0.3, 0.4) is 0 Å². The topological polar surface area (TPSA) is 81.4 Å². The molecule has 0 amide bonds. The van der Waals surface area contributed by atoms with E-state index in [2.05, 4.69) is 4.72 Å². The Morgan fingerprint density at radius 2 is 2.32 bits per heavy atom. The molecule has 1 atom stereocenters. The monoisotopic (exact) mass is 304 g/mol. The van der Waals surface area contributed by atoms with Crippen molar-refractivity contribution in [1.82, 2.24) is 4.72 Å². The molecular weight excluding hydrogens is 284 g/mol.